The van der Waals surface area contributed by atoms with E-state index in [1.54, 1.807) is 4.90 Å². The summed E-state index contributed by atoms with van der Waals surface area (Å²) in [6.45, 7) is 5.71. The molecule has 0 spiro atoms. The highest BCUT2D eigenvalue weighted by molar-refractivity contribution is 7.51. The van der Waals surface area contributed by atoms with Crippen molar-refractivity contribution >= 4 is 7.60 Å². The van der Waals surface area contributed by atoms with Crippen LogP contribution in [0.25, 0.3) is 0 Å². The zero-order chi connectivity index (χ0) is 10.8. The maximum absolute atomic E-state index is 10.7. The Hall–Kier alpha value is -0.150. The van der Waals surface area contributed by atoms with Gasteiger partial charge in [0.15, 0.2) is 0 Å². The van der Waals surface area contributed by atoms with E-state index >= 15 is 0 Å². The molecule has 0 aromatic rings. The van der Waals surface area contributed by atoms with Crippen molar-refractivity contribution in [2.24, 2.45) is 5.92 Å². The van der Waals surface area contributed by atoms with Crippen molar-refractivity contribution < 1.29 is 14.4 Å². The van der Waals surface area contributed by atoms with Crippen LogP contribution >= 0.6 is 7.60 Å². The van der Waals surface area contributed by atoms with Gasteiger partial charge in [-0.3, -0.25) is 9.46 Å². The van der Waals surface area contributed by atoms with Gasteiger partial charge in [-0.2, -0.15) is 0 Å². The van der Waals surface area contributed by atoms with Crippen molar-refractivity contribution in [3.8, 4) is 0 Å². The van der Waals surface area contributed by atoms with Crippen molar-refractivity contribution in [1.29, 1.82) is 0 Å². The Morgan fingerprint density at radius 1 is 1.57 bits per heavy atom. The molecule has 1 aliphatic heterocycles. The SMILES string of the molecule is CC(C)C1=CCN(CP(=O)(O)O)CC1. The lowest BCUT2D eigenvalue weighted by molar-refractivity contribution is 0.286. The second kappa shape index (κ2) is 4.58. The van der Waals surface area contributed by atoms with Gasteiger partial charge in [0.1, 0.15) is 6.29 Å². The zero-order valence-corrected chi connectivity index (χ0v) is 9.57. The summed E-state index contributed by atoms with van der Waals surface area (Å²) in [4.78, 5) is 19.4. The van der Waals surface area contributed by atoms with Crippen LogP contribution in [0.1, 0.15) is 20.3 Å². The predicted molar refractivity (Wildman–Crippen MR) is 56.0 cm³/mol. The number of hydrogen-bond donors (Lipinski definition) is 2. The lowest BCUT2D eigenvalue weighted by atomic mass is 9.97. The molecule has 0 radical (unpaired) electrons. The second-order valence-corrected chi connectivity index (χ2v) is 5.68. The van der Waals surface area contributed by atoms with Crippen LogP contribution in [-0.4, -0.2) is 34.1 Å². The minimum absolute atomic E-state index is 0.116. The first kappa shape index (κ1) is 11.9. The topological polar surface area (TPSA) is 60.8 Å². The zero-order valence-electron chi connectivity index (χ0n) is 8.68. The van der Waals surface area contributed by atoms with Crippen molar-refractivity contribution in [3.05, 3.63) is 11.6 Å². The molecule has 4 nitrogen and oxygen atoms in total. The minimum Gasteiger partial charge on any atom is -0.324 e. The molecule has 5 heteroatoms. The predicted octanol–water partition coefficient (Wildman–Crippen LogP) is 1.41. The highest BCUT2D eigenvalue weighted by atomic mass is 31.2. The van der Waals surface area contributed by atoms with Crippen LogP contribution in [0.15, 0.2) is 11.6 Å². The Kier molecular flexibility index (Phi) is 3.90. The molecule has 0 saturated heterocycles. The van der Waals surface area contributed by atoms with Crippen molar-refractivity contribution in [2.75, 3.05) is 19.4 Å². The molecule has 0 saturated carbocycles. The van der Waals surface area contributed by atoms with Crippen LogP contribution in [0.5, 0.6) is 0 Å². The fourth-order valence-corrected chi connectivity index (χ4v) is 2.42. The van der Waals surface area contributed by atoms with Gasteiger partial charge in [-0.15, -0.1) is 0 Å². The van der Waals surface area contributed by atoms with Crippen LogP contribution < -0.4 is 0 Å². The van der Waals surface area contributed by atoms with Gasteiger partial charge in [-0.05, 0) is 12.3 Å². The van der Waals surface area contributed by atoms with Gasteiger partial charge < -0.3 is 9.79 Å². The molecule has 0 unspecified atom stereocenters. The molecule has 0 aliphatic carbocycles. The second-order valence-electron chi connectivity index (χ2n) is 4.07. The molecular formula is C9H18NO3P. The third-order valence-electron chi connectivity index (χ3n) is 2.45. The molecule has 14 heavy (non-hydrogen) atoms. The van der Waals surface area contributed by atoms with Gasteiger partial charge >= 0.3 is 7.60 Å². The number of hydrogen-bond acceptors (Lipinski definition) is 2. The highest BCUT2D eigenvalue weighted by Gasteiger charge is 2.21. The van der Waals surface area contributed by atoms with Crippen LogP contribution in [0.3, 0.4) is 0 Å². The monoisotopic (exact) mass is 219 g/mol. The maximum atomic E-state index is 10.7. The van der Waals surface area contributed by atoms with E-state index in [0.717, 1.165) is 13.0 Å². The fraction of sp³-hybridized carbons (Fsp3) is 0.778. The van der Waals surface area contributed by atoms with E-state index in [4.69, 9.17) is 9.79 Å². The third-order valence-corrected chi connectivity index (χ3v) is 3.22. The van der Waals surface area contributed by atoms with Gasteiger partial charge in [0, 0.05) is 13.1 Å². The summed E-state index contributed by atoms with van der Waals surface area (Å²) in [6.07, 6.45) is 2.90. The molecule has 1 aliphatic rings. The van der Waals surface area contributed by atoms with Gasteiger partial charge in [-0.1, -0.05) is 25.5 Å². The maximum Gasteiger partial charge on any atom is 0.339 e. The molecular weight excluding hydrogens is 201 g/mol. The summed E-state index contributed by atoms with van der Waals surface area (Å²) >= 11 is 0. The Morgan fingerprint density at radius 3 is 2.57 bits per heavy atom. The Bertz CT molecular complexity index is 269. The molecule has 0 atom stereocenters. The quantitative estimate of drug-likeness (QED) is 0.556. The molecule has 0 aromatic carbocycles. The van der Waals surface area contributed by atoms with Gasteiger partial charge in [0.25, 0.3) is 0 Å². The van der Waals surface area contributed by atoms with Crippen LogP contribution in [0.2, 0.25) is 0 Å². The smallest absolute Gasteiger partial charge is 0.324 e. The third kappa shape index (κ3) is 3.93. The van der Waals surface area contributed by atoms with E-state index in [0.29, 0.717) is 12.5 Å². The Morgan fingerprint density at radius 2 is 2.21 bits per heavy atom. The summed E-state index contributed by atoms with van der Waals surface area (Å²) < 4.78 is 10.7. The largest absolute Gasteiger partial charge is 0.339 e. The molecule has 0 amide bonds. The Balaban J connectivity index is 2.47. The summed E-state index contributed by atoms with van der Waals surface area (Å²) in [6, 6.07) is 0. The Labute approximate surface area is 84.8 Å². The van der Waals surface area contributed by atoms with E-state index in [1.165, 1.54) is 5.57 Å². The van der Waals surface area contributed by atoms with E-state index in [2.05, 4.69) is 19.9 Å². The molecule has 0 bridgehead atoms. The first-order valence-corrected chi connectivity index (χ1v) is 6.64. The molecule has 82 valence electrons. The van der Waals surface area contributed by atoms with Crippen LogP contribution in [-0.2, 0) is 4.57 Å². The van der Waals surface area contributed by atoms with E-state index in [-0.39, 0.29) is 6.29 Å². The van der Waals surface area contributed by atoms with Crippen LogP contribution in [0, 0.1) is 5.92 Å². The average Bonchev–Trinajstić information content (AvgIpc) is 2.02. The van der Waals surface area contributed by atoms with Crippen molar-refractivity contribution in [1.82, 2.24) is 4.90 Å². The van der Waals surface area contributed by atoms with E-state index < -0.39 is 7.60 Å². The molecule has 0 aromatic heterocycles. The standard InChI is InChI=1S/C9H18NO3P/c1-8(2)9-3-5-10(6-4-9)7-14(11,12)13/h3,8H,4-7H2,1-2H3,(H2,11,12,13). The number of nitrogens with zero attached hydrogens (tertiary/aromatic N) is 1. The summed E-state index contributed by atoms with van der Waals surface area (Å²) in [5, 5.41) is 0. The summed E-state index contributed by atoms with van der Waals surface area (Å²) in [5.74, 6) is 0.548. The van der Waals surface area contributed by atoms with E-state index in [9.17, 15) is 4.57 Å². The summed E-state index contributed by atoms with van der Waals surface area (Å²) in [7, 11) is -3.88. The van der Waals surface area contributed by atoms with Gasteiger partial charge in [0.05, 0.1) is 0 Å². The molecule has 1 rings (SSSR count). The first-order valence-electron chi connectivity index (χ1n) is 4.84. The molecule has 0 fully saturated rings. The first-order chi connectivity index (χ1) is 6.38. The van der Waals surface area contributed by atoms with Crippen LogP contribution in [0.4, 0.5) is 0 Å². The van der Waals surface area contributed by atoms with Crippen molar-refractivity contribution in [3.63, 3.8) is 0 Å². The van der Waals surface area contributed by atoms with Crippen molar-refractivity contribution in [2.45, 2.75) is 20.3 Å². The fourth-order valence-electron chi connectivity index (χ4n) is 1.64. The average molecular weight is 219 g/mol. The lowest BCUT2D eigenvalue weighted by Crippen LogP contribution is -2.30. The highest BCUT2D eigenvalue weighted by Crippen LogP contribution is 2.36. The lowest BCUT2D eigenvalue weighted by Gasteiger charge is -2.27. The minimum atomic E-state index is -3.88. The van der Waals surface area contributed by atoms with E-state index in [1.807, 2.05) is 0 Å². The normalized spacial score (nSPS) is 19.9. The van der Waals surface area contributed by atoms with Gasteiger partial charge in [0.2, 0.25) is 0 Å². The number of rotatable bonds is 3. The molecule has 2 N–H and O–H groups in total. The van der Waals surface area contributed by atoms with Gasteiger partial charge in [-0.25, -0.2) is 0 Å². The molecule has 1 heterocycles. The summed E-state index contributed by atoms with van der Waals surface area (Å²) in [5.41, 5.74) is 1.40.